The Bertz CT molecular complexity index is 1030. The summed E-state index contributed by atoms with van der Waals surface area (Å²) in [4.78, 5) is 0. The highest BCUT2D eigenvalue weighted by Crippen LogP contribution is 2.45. The quantitative estimate of drug-likeness (QED) is 0.370. The van der Waals surface area contributed by atoms with Crippen LogP contribution in [0.4, 0.5) is 0 Å². The molecule has 0 N–H and O–H groups in total. The first-order valence-corrected chi connectivity index (χ1v) is 8.79. The molecule has 2 unspecified atom stereocenters. The van der Waals surface area contributed by atoms with Crippen LogP contribution in [0, 0.1) is 0 Å². The maximum absolute atomic E-state index is 5.70. The minimum absolute atomic E-state index is 0.491. The number of hydrogen-bond acceptors (Lipinski definition) is 1. The van der Waals surface area contributed by atoms with Gasteiger partial charge >= 0.3 is 0 Å². The number of benzene rings is 3. The lowest BCUT2D eigenvalue weighted by Crippen LogP contribution is -2.17. The van der Waals surface area contributed by atoms with Crippen LogP contribution < -0.4 is 0 Å². The van der Waals surface area contributed by atoms with E-state index < -0.39 is 0 Å². The normalized spacial score (nSPS) is 20.4. The first-order chi connectivity index (χ1) is 11.8. The molecule has 0 spiro atoms. The lowest BCUT2D eigenvalue weighted by Gasteiger charge is -2.31. The van der Waals surface area contributed by atoms with Crippen LogP contribution in [0.1, 0.15) is 42.1 Å². The Kier molecular flexibility index (Phi) is 3.02. The van der Waals surface area contributed by atoms with Crippen molar-refractivity contribution >= 4 is 21.5 Å². The average Bonchev–Trinajstić information content (AvgIpc) is 3.16. The molecule has 1 heteroatoms. The van der Waals surface area contributed by atoms with Gasteiger partial charge in [0.2, 0.25) is 0 Å². The van der Waals surface area contributed by atoms with E-state index in [0.717, 1.165) is 18.6 Å². The van der Waals surface area contributed by atoms with Crippen molar-refractivity contribution in [3.8, 4) is 0 Å². The predicted octanol–water partition coefficient (Wildman–Crippen LogP) is 6.42. The fourth-order valence-corrected chi connectivity index (χ4v) is 4.53. The van der Waals surface area contributed by atoms with Crippen molar-refractivity contribution in [1.82, 2.24) is 0 Å². The van der Waals surface area contributed by atoms with E-state index in [1.54, 1.807) is 6.26 Å². The number of furan rings is 1. The molecule has 0 bridgehead atoms. The minimum Gasteiger partial charge on any atom is -0.469 e. The second-order valence-corrected chi connectivity index (χ2v) is 6.96. The molecule has 1 aliphatic carbocycles. The summed E-state index contributed by atoms with van der Waals surface area (Å²) in [5.41, 5.74) is 3.03. The van der Waals surface area contributed by atoms with Crippen LogP contribution in [0.3, 0.4) is 0 Å². The van der Waals surface area contributed by atoms with Gasteiger partial charge in [-0.05, 0) is 63.6 Å². The van der Waals surface area contributed by atoms with Crippen LogP contribution in [0.2, 0.25) is 0 Å². The number of aryl methyl sites for hydroxylation is 1. The molecule has 24 heavy (non-hydrogen) atoms. The molecule has 0 saturated carbocycles. The smallest absolute Gasteiger partial charge is 0.107 e. The van der Waals surface area contributed by atoms with E-state index in [4.69, 9.17) is 4.42 Å². The van der Waals surface area contributed by atoms with Gasteiger partial charge in [-0.1, -0.05) is 55.5 Å². The predicted molar refractivity (Wildman–Crippen MR) is 99.6 cm³/mol. The highest BCUT2D eigenvalue weighted by molar-refractivity contribution is 6.08. The summed E-state index contributed by atoms with van der Waals surface area (Å²) >= 11 is 0. The molecule has 1 heterocycles. The first-order valence-electron chi connectivity index (χ1n) is 8.79. The third kappa shape index (κ3) is 1.94. The largest absolute Gasteiger partial charge is 0.469 e. The van der Waals surface area contributed by atoms with Crippen molar-refractivity contribution in [1.29, 1.82) is 0 Å². The highest BCUT2D eigenvalue weighted by atomic mass is 16.3. The molecule has 1 aliphatic rings. The van der Waals surface area contributed by atoms with Gasteiger partial charge < -0.3 is 4.42 Å². The van der Waals surface area contributed by atoms with Gasteiger partial charge in [0, 0.05) is 5.92 Å². The summed E-state index contributed by atoms with van der Waals surface area (Å²) in [7, 11) is 0. The Morgan fingerprint density at radius 1 is 0.833 bits per heavy atom. The van der Waals surface area contributed by atoms with Gasteiger partial charge in [0.1, 0.15) is 5.76 Å². The molecule has 118 valence electrons. The fourth-order valence-electron chi connectivity index (χ4n) is 4.53. The molecular weight excluding hydrogens is 292 g/mol. The number of rotatable bonds is 1. The Balaban J connectivity index is 1.71. The van der Waals surface area contributed by atoms with Crippen LogP contribution in [0.15, 0.2) is 71.3 Å². The zero-order chi connectivity index (χ0) is 16.1. The molecule has 2 atom stereocenters. The van der Waals surface area contributed by atoms with Gasteiger partial charge in [0.15, 0.2) is 0 Å². The Morgan fingerprint density at radius 3 is 2.58 bits per heavy atom. The van der Waals surface area contributed by atoms with Crippen LogP contribution in [-0.2, 0) is 6.42 Å². The van der Waals surface area contributed by atoms with Gasteiger partial charge in [0.05, 0.1) is 6.26 Å². The first kappa shape index (κ1) is 13.9. The van der Waals surface area contributed by atoms with Gasteiger partial charge in [-0.2, -0.15) is 0 Å². The highest BCUT2D eigenvalue weighted by Gasteiger charge is 2.30. The van der Waals surface area contributed by atoms with E-state index >= 15 is 0 Å². The number of fused-ring (bicyclic) bond motifs is 5. The third-order valence-electron chi connectivity index (χ3n) is 5.78. The van der Waals surface area contributed by atoms with E-state index in [0.29, 0.717) is 11.8 Å². The van der Waals surface area contributed by atoms with Crippen molar-refractivity contribution in [2.45, 2.75) is 31.6 Å². The summed E-state index contributed by atoms with van der Waals surface area (Å²) in [6.45, 7) is 2.35. The van der Waals surface area contributed by atoms with Crippen molar-refractivity contribution in [2.75, 3.05) is 0 Å². The van der Waals surface area contributed by atoms with Gasteiger partial charge in [-0.25, -0.2) is 0 Å². The van der Waals surface area contributed by atoms with E-state index in [9.17, 15) is 0 Å². The van der Waals surface area contributed by atoms with Crippen molar-refractivity contribution in [2.24, 2.45) is 0 Å². The van der Waals surface area contributed by atoms with Gasteiger partial charge in [-0.3, -0.25) is 0 Å². The zero-order valence-corrected chi connectivity index (χ0v) is 13.8. The molecule has 0 aliphatic heterocycles. The molecule has 3 aromatic carbocycles. The maximum Gasteiger partial charge on any atom is 0.107 e. The minimum atomic E-state index is 0.491. The SMILES string of the molecule is CC1c2ccc3c(ccc4ccccc43)c2CCC1c1ccco1. The van der Waals surface area contributed by atoms with Gasteiger partial charge in [-0.15, -0.1) is 0 Å². The second kappa shape index (κ2) is 5.24. The standard InChI is InChI=1S/C23H20O/c1-15-17-10-12-21-19-6-3-2-5-16(19)8-9-22(21)20(17)13-11-18(15)23-7-4-14-24-23/h2-10,12,14-15,18H,11,13H2,1H3. The monoisotopic (exact) mass is 312 g/mol. The fraction of sp³-hybridized carbons (Fsp3) is 0.217. The van der Waals surface area contributed by atoms with Crippen LogP contribution >= 0.6 is 0 Å². The van der Waals surface area contributed by atoms with E-state index in [2.05, 4.69) is 61.5 Å². The molecule has 0 amide bonds. The van der Waals surface area contributed by atoms with Crippen molar-refractivity contribution < 1.29 is 4.42 Å². The Hall–Kier alpha value is -2.54. The second-order valence-electron chi connectivity index (χ2n) is 6.96. The lowest BCUT2D eigenvalue weighted by atomic mass is 9.73. The lowest BCUT2D eigenvalue weighted by molar-refractivity contribution is 0.399. The van der Waals surface area contributed by atoms with E-state index in [-0.39, 0.29) is 0 Å². The summed E-state index contributed by atoms with van der Waals surface area (Å²) < 4.78 is 5.70. The summed E-state index contributed by atoms with van der Waals surface area (Å²) in [6.07, 6.45) is 4.08. The van der Waals surface area contributed by atoms with Crippen LogP contribution in [0.5, 0.6) is 0 Å². The van der Waals surface area contributed by atoms with Crippen LogP contribution in [-0.4, -0.2) is 0 Å². The Labute approximate surface area is 141 Å². The zero-order valence-electron chi connectivity index (χ0n) is 13.8. The molecule has 5 rings (SSSR count). The van der Waals surface area contributed by atoms with Crippen LogP contribution in [0.25, 0.3) is 21.5 Å². The third-order valence-corrected chi connectivity index (χ3v) is 5.78. The molecular formula is C23H20O. The summed E-state index contributed by atoms with van der Waals surface area (Å²) in [5, 5.41) is 5.49. The summed E-state index contributed by atoms with van der Waals surface area (Å²) in [6, 6.07) is 22.1. The maximum atomic E-state index is 5.70. The van der Waals surface area contributed by atoms with E-state index in [1.807, 2.05) is 6.07 Å². The van der Waals surface area contributed by atoms with E-state index in [1.165, 1.54) is 32.7 Å². The van der Waals surface area contributed by atoms with Crippen molar-refractivity contribution in [3.05, 3.63) is 83.8 Å². The molecule has 0 saturated heterocycles. The number of hydrogen-bond donors (Lipinski definition) is 0. The molecule has 0 fully saturated rings. The molecule has 4 aromatic rings. The summed E-state index contributed by atoms with van der Waals surface area (Å²) in [5.74, 6) is 2.12. The molecule has 0 radical (unpaired) electrons. The molecule has 1 nitrogen and oxygen atoms in total. The molecule has 1 aromatic heterocycles. The topological polar surface area (TPSA) is 13.1 Å². The van der Waals surface area contributed by atoms with Crippen molar-refractivity contribution in [3.63, 3.8) is 0 Å². The van der Waals surface area contributed by atoms with Gasteiger partial charge in [0.25, 0.3) is 0 Å². The Morgan fingerprint density at radius 2 is 1.71 bits per heavy atom. The average molecular weight is 312 g/mol.